The van der Waals surface area contributed by atoms with Gasteiger partial charge in [0.1, 0.15) is 5.75 Å². The molecule has 24 heavy (non-hydrogen) atoms. The van der Waals surface area contributed by atoms with Gasteiger partial charge in [0.15, 0.2) is 4.32 Å². The van der Waals surface area contributed by atoms with Crippen molar-refractivity contribution in [3.05, 3.63) is 77.2 Å². The van der Waals surface area contributed by atoms with E-state index in [-0.39, 0.29) is 5.91 Å². The summed E-state index contributed by atoms with van der Waals surface area (Å²) in [5, 5.41) is 0. The number of benzene rings is 2. The molecule has 1 aliphatic heterocycles. The van der Waals surface area contributed by atoms with Crippen molar-refractivity contribution in [1.29, 1.82) is 0 Å². The Morgan fingerprint density at radius 2 is 1.79 bits per heavy atom. The molecular weight excluding hydrogens is 338 g/mol. The minimum atomic E-state index is -0.104. The first-order valence-electron chi connectivity index (χ1n) is 7.33. The van der Waals surface area contributed by atoms with Crippen molar-refractivity contribution in [1.82, 2.24) is 0 Å². The van der Waals surface area contributed by atoms with E-state index in [9.17, 15) is 4.79 Å². The van der Waals surface area contributed by atoms with Crippen LogP contribution in [0.1, 0.15) is 5.56 Å². The number of carbonyl (C=O) groups is 1. The molecule has 0 N–H and O–H groups in total. The Hall–Kier alpha value is -2.37. The molecule has 3 nitrogen and oxygen atoms in total. The number of methoxy groups -OCH3 is 1. The lowest BCUT2D eigenvalue weighted by molar-refractivity contribution is -0.113. The Morgan fingerprint density at radius 1 is 1.08 bits per heavy atom. The van der Waals surface area contributed by atoms with Gasteiger partial charge in [0.2, 0.25) is 0 Å². The summed E-state index contributed by atoms with van der Waals surface area (Å²) in [5.74, 6) is 0.637. The number of amides is 1. The SMILES string of the molecule is COc1ccc(N2C(=O)C(=CC=Cc3ccccc3)SC2=S)cc1. The number of thiocarbonyl (C=S) groups is 1. The van der Waals surface area contributed by atoms with Crippen molar-refractivity contribution in [3.8, 4) is 5.75 Å². The average Bonchev–Trinajstić information content (AvgIpc) is 2.90. The van der Waals surface area contributed by atoms with E-state index in [0.29, 0.717) is 9.23 Å². The summed E-state index contributed by atoms with van der Waals surface area (Å²) in [6.45, 7) is 0. The largest absolute Gasteiger partial charge is 0.497 e. The summed E-state index contributed by atoms with van der Waals surface area (Å²) in [5.41, 5.74) is 1.83. The zero-order chi connectivity index (χ0) is 16.9. The number of nitrogens with zero attached hydrogens (tertiary/aromatic N) is 1. The zero-order valence-corrected chi connectivity index (χ0v) is 14.6. The van der Waals surface area contributed by atoms with Crippen LogP contribution in [0.4, 0.5) is 5.69 Å². The highest BCUT2D eigenvalue weighted by molar-refractivity contribution is 8.27. The molecule has 0 atom stereocenters. The van der Waals surface area contributed by atoms with Crippen LogP contribution in [0.2, 0.25) is 0 Å². The Labute approximate surface area is 150 Å². The molecule has 1 amide bonds. The standard InChI is InChI=1S/C19H15NO2S2/c1-22-16-12-10-15(11-13-16)20-18(21)17(24-19(20)23)9-5-8-14-6-3-2-4-7-14/h2-13H,1H3. The number of rotatable bonds is 4. The third-order valence-corrected chi connectivity index (χ3v) is 4.78. The highest BCUT2D eigenvalue weighted by atomic mass is 32.2. The molecule has 1 saturated heterocycles. The summed E-state index contributed by atoms with van der Waals surface area (Å²) in [4.78, 5) is 14.8. The van der Waals surface area contributed by atoms with Crippen LogP contribution < -0.4 is 9.64 Å². The molecule has 2 aromatic rings. The van der Waals surface area contributed by atoms with Crippen molar-refractivity contribution < 1.29 is 9.53 Å². The first-order chi connectivity index (χ1) is 11.7. The number of hydrogen-bond donors (Lipinski definition) is 0. The van der Waals surface area contributed by atoms with E-state index in [1.165, 1.54) is 11.8 Å². The molecule has 0 spiro atoms. The van der Waals surface area contributed by atoms with Crippen LogP contribution in [0.25, 0.3) is 6.08 Å². The summed E-state index contributed by atoms with van der Waals surface area (Å²) >= 11 is 6.66. The van der Waals surface area contributed by atoms with Crippen LogP contribution in [0.3, 0.4) is 0 Å². The smallest absolute Gasteiger partial charge is 0.270 e. The van der Waals surface area contributed by atoms with Gasteiger partial charge < -0.3 is 4.74 Å². The van der Waals surface area contributed by atoms with Gasteiger partial charge in [-0.2, -0.15) is 0 Å². The van der Waals surface area contributed by atoms with Crippen LogP contribution >= 0.6 is 24.0 Å². The molecule has 1 fully saturated rings. The van der Waals surface area contributed by atoms with Crippen LogP contribution in [0.5, 0.6) is 5.75 Å². The van der Waals surface area contributed by atoms with Gasteiger partial charge in [0, 0.05) is 0 Å². The van der Waals surface area contributed by atoms with Crippen molar-refractivity contribution in [2.24, 2.45) is 0 Å². The van der Waals surface area contributed by atoms with Gasteiger partial charge in [-0.15, -0.1) is 0 Å². The van der Waals surface area contributed by atoms with E-state index in [0.717, 1.165) is 17.0 Å². The third kappa shape index (κ3) is 3.58. The van der Waals surface area contributed by atoms with Crippen LogP contribution in [-0.4, -0.2) is 17.3 Å². The minimum Gasteiger partial charge on any atom is -0.497 e. The second-order valence-corrected chi connectivity index (χ2v) is 6.68. The van der Waals surface area contributed by atoms with Crippen LogP contribution in [0.15, 0.2) is 71.7 Å². The summed E-state index contributed by atoms with van der Waals surface area (Å²) in [6, 6.07) is 17.2. The third-order valence-electron chi connectivity index (χ3n) is 3.46. The number of thioether (sulfide) groups is 1. The first-order valence-corrected chi connectivity index (χ1v) is 8.55. The number of anilines is 1. The maximum atomic E-state index is 12.6. The Bertz CT molecular complexity index is 811. The number of allylic oxidation sites excluding steroid dienone is 2. The monoisotopic (exact) mass is 353 g/mol. The Kier molecular flexibility index (Phi) is 5.13. The average molecular weight is 353 g/mol. The van der Waals surface area contributed by atoms with Crippen molar-refractivity contribution in [3.63, 3.8) is 0 Å². The van der Waals surface area contributed by atoms with Gasteiger partial charge in [0.25, 0.3) is 5.91 Å². The lowest BCUT2D eigenvalue weighted by atomic mass is 10.2. The summed E-state index contributed by atoms with van der Waals surface area (Å²) in [6.07, 6.45) is 5.63. The molecule has 5 heteroatoms. The van der Waals surface area contributed by atoms with Gasteiger partial charge in [0.05, 0.1) is 17.7 Å². The highest BCUT2D eigenvalue weighted by Gasteiger charge is 2.32. The van der Waals surface area contributed by atoms with Gasteiger partial charge >= 0.3 is 0 Å². The van der Waals surface area contributed by atoms with Crippen molar-refractivity contribution in [2.75, 3.05) is 12.0 Å². The minimum absolute atomic E-state index is 0.104. The maximum Gasteiger partial charge on any atom is 0.270 e. The fraction of sp³-hybridized carbons (Fsp3) is 0.0526. The molecule has 120 valence electrons. The second kappa shape index (κ2) is 7.47. The molecule has 1 heterocycles. The second-order valence-electron chi connectivity index (χ2n) is 5.01. The molecule has 0 unspecified atom stereocenters. The molecule has 0 bridgehead atoms. The Morgan fingerprint density at radius 3 is 2.46 bits per heavy atom. The van der Waals surface area contributed by atoms with Crippen LogP contribution in [0, 0.1) is 0 Å². The van der Waals surface area contributed by atoms with Gasteiger partial charge in [-0.25, -0.2) is 0 Å². The van der Waals surface area contributed by atoms with Crippen LogP contribution in [-0.2, 0) is 4.79 Å². The normalized spacial score (nSPS) is 16.4. The fourth-order valence-corrected chi connectivity index (χ4v) is 3.50. The van der Waals surface area contributed by atoms with Crippen molar-refractivity contribution in [2.45, 2.75) is 0 Å². The predicted molar refractivity (Wildman–Crippen MR) is 104 cm³/mol. The Balaban J connectivity index is 1.78. The number of carbonyl (C=O) groups excluding carboxylic acids is 1. The van der Waals surface area contributed by atoms with E-state index >= 15 is 0 Å². The summed E-state index contributed by atoms with van der Waals surface area (Å²) < 4.78 is 5.67. The summed E-state index contributed by atoms with van der Waals surface area (Å²) in [7, 11) is 1.61. The highest BCUT2D eigenvalue weighted by Crippen LogP contribution is 2.35. The first kappa shape index (κ1) is 16.5. The molecule has 0 aromatic heterocycles. The van der Waals surface area contributed by atoms with Gasteiger partial charge in [-0.05, 0) is 35.9 Å². The number of hydrogen-bond acceptors (Lipinski definition) is 4. The van der Waals surface area contributed by atoms with E-state index in [2.05, 4.69) is 0 Å². The lowest BCUT2D eigenvalue weighted by Crippen LogP contribution is -2.27. The van der Waals surface area contributed by atoms with E-state index in [1.807, 2.05) is 66.7 Å². The zero-order valence-electron chi connectivity index (χ0n) is 13.0. The predicted octanol–water partition coefficient (Wildman–Crippen LogP) is 4.66. The molecular formula is C19H15NO2S2. The fourth-order valence-electron chi connectivity index (χ4n) is 2.25. The van der Waals surface area contributed by atoms with Gasteiger partial charge in [-0.3, -0.25) is 9.69 Å². The molecule has 0 aliphatic carbocycles. The molecule has 2 aromatic carbocycles. The van der Waals surface area contributed by atoms with Crippen molar-refractivity contribution >= 4 is 46.0 Å². The van der Waals surface area contributed by atoms with E-state index < -0.39 is 0 Å². The molecule has 0 radical (unpaired) electrons. The van der Waals surface area contributed by atoms with E-state index in [1.54, 1.807) is 18.1 Å². The van der Waals surface area contributed by atoms with Gasteiger partial charge in [-0.1, -0.05) is 66.5 Å². The van der Waals surface area contributed by atoms with E-state index in [4.69, 9.17) is 17.0 Å². The topological polar surface area (TPSA) is 29.5 Å². The maximum absolute atomic E-state index is 12.6. The molecule has 0 saturated carbocycles. The molecule has 1 aliphatic rings. The molecule has 3 rings (SSSR count). The lowest BCUT2D eigenvalue weighted by Gasteiger charge is -2.14. The quantitative estimate of drug-likeness (QED) is 0.591. The number of ether oxygens (including phenoxy) is 1.